The Morgan fingerprint density at radius 3 is 2.62 bits per heavy atom. The summed E-state index contributed by atoms with van der Waals surface area (Å²) in [6, 6.07) is 10.4. The highest BCUT2D eigenvalue weighted by Crippen LogP contribution is 2.02. The molecule has 0 aromatic heterocycles. The number of benzene rings is 1. The molecule has 1 rings (SSSR count). The average molecular weight is 176 g/mol. The Balaban J connectivity index is 2.28. The fourth-order valence-electron chi connectivity index (χ4n) is 1.19. The molecule has 0 fully saturated rings. The van der Waals surface area contributed by atoms with Crippen molar-refractivity contribution in [3.8, 4) is 0 Å². The van der Waals surface area contributed by atoms with Gasteiger partial charge >= 0.3 is 0 Å². The molecule has 0 saturated carbocycles. The summed E-state index contributed by atoms with van der Waals surface area (Å²) in [7, 11) is 0. The van der Waals surface area contributed by atoms with Crippen LogP contribution >= 0.6 is 0 Å². The van der Waals surface area contributed by atoms with Gasteiger partial charge in [-0.3, -0.25) is 0 Å². The van der Waals surface area contributed by atoms with Gasteiger partial charge in [0.05, 0.1) is 6.10 Å². The number of aliphatic hydroxyl groups excluding tert-OH is 1. The second kappa shape index (κ2) is 5.55. The predicted octanol–water partition coefficient (Wildman–Crippen LogP) is 2.56. The number of rotatable bonds is 4. The normalized spacial score (nSPS) is 13.4. The summed E-state index contributed by atoms with van der Waals surface area (Å²) < 4.78 is 0. The molecule has 1 unspecified atom stereocenters. The van der Waals surface area contributed by atoms with E-state index >= 15 is 0 Å². The second-order valence-electron chi connectivity index (χ2n) is 3.19. The van der Waals surface area contributed by atoms with Gasteiger partial charge in [-0.25, -0.2) is 0 Å². The first kappa shape index (κ1) is 10.0. The molecule has 0 saturated heterocycles. The van der Waals surface area contributed by atoms with Gasteiger partial charge in [-0.2, -0.15) is 0 Å². The first-order valence-electron chi connectivity index (χ1n) is 4.67. The molecule has 0 spiro atoms. The van der Waals surface area contributed by atoms with Crippen LogP contribution in [0.2, 0.25) is 0 Å². The van der Waals surface area contributed by atoms with E-state index < -0.39 is 0 Å². The SMILES string of the molecule is CC(O)/C=C/CCc1ccccc1. The molecule has 1 aromatic carbocycles. The summed E-state index contributed by atoms with van der Waals surface area (Å²) in [5.41, 5.74) is 1.35. The zero-order valence-electron chi connectivity index (χ0n) is 7.98. The van der Waals surface area contributed by atoms with Crippen LogP contribution < -0.4 is 0 Å². The lowest BCUT2D eigenvalue weighted by Gasteiger charge is -1.97. The molecule has 0 aliphatic heterocycles. The standard InChI is InChI=1S/C12H16O/c1-11(13)7-5-6-10-12-8-3-2-4-9-12/h2-5,7-9,11,13H,6,10H2,1H3/b7-5+. The van der Waals surface area contributed by atoms with Gasteiger partial charge in [0.1, 0.15) is 0 Å². The minimum atomic E-state index is -0.323. The molecule has 0 heterocycles. The molecular formula is C12H16O. The molecule has 0 aliphatic carbocycles. The van der Waals surface area contributed by atoms with Crippen LogP contribution in [0.5, 0.6) is 0 Å². The summed E-state index contributed by atoms with van der Waals surface area (Å²) in [5.74, 6) is 0. The van der Waals surface area contributed by atoms with E-state index in [1.807, 2.05) is 30.4 Å². The molecule has 0 radical (unpaired) electrons. The molecule has 1 atom stereocenters. The van der Waals surface area contributed by atoms with Gasteiger partial charge in [-0.15, -0.1) is 0 Å². The van der Waals surface area contributed by atoms with Crippen molar-refractivity contribution in [2.24, 2.45) is 0 Å². The molecular weight excluding hydrogens is 160 g/mol. The minimum Gasteiger partial charge on any atom is -0.389 e. The monoisotopic (exact) mass is 176 g/mol. The van der Waals surface area contributed by atoms with Crippen LogP contribution in [0.25, 0.3) is 0 Å². The molecule has 0 aliphatic rings. The summed E-state index contributed by atoms with van der Waals surface area (Å²) in [4.78, 5) is 0. The summed E-state index contributed by atoms with van der Waals surface area (Å²) in [6.45, 7) is 1.76. The van der Waals surface area contributed by atoms with Gasteiger partial charge in [0.25, 0.3) is 0 Å². The van der Waals surface area contributed by atoms with Gasteiger partial charge in [-0.05, 0) is 25.3 Å². The van der Waals surface area contributed by atoms with E-state index in [4.69, 9.17) is 5.11 Å². The molecule has 1 nitrogen and oxygen atoms in total. The van der Waals surface area contributed by atoms with Crippen molar-refractivity contribution in [1.82, 2.24) is 0 Å². The fraction of sp³-hybridized carbons (Fsp3) is 0.333. The van der Waals surface area contributed by atoms with Crippen molar-refractivity contribution in [2.45, 2.75) is 25.9 Å². The maximum absolute atomic E-state index is 8.96. The van der Waals surface area contributed by atoms with E-state index in [0.717, 1.165) is 12.8 Å². The van der Waals surface area contributed by atoms with Crippen molar-refractivity contribution >= 4 is 0 Å². The highest BCUT2D eigenvalue weighted by molar-refractivity contribution is 5.15. The predicted molar refractivity (Wildman–Crippen MR) is 55.6 cm³/mol. The molecule has 1 heteroatoms. The number of allylic oxidation sites excluding steroid dienone is 1. The quantitative estimate of drug-likeness (QED) is 0.699. The second-order valence-corrected chi connectivity index (χ2v) is 3.19. The Hall–Kier alpha value is -1.08. The maximum Gasteiger partial charge on any atom is 0.0692 e. The molecule has 0 bridgehead atoms. The topological polar surface area (TPSA) is 20.2 Å². The van der Waals surface area contributed by atoms with Crippen LogP contribution in [-0.2, 0) is 6.42 Å². The van der Waals surface area contributed by atoms with Crippen LogP contribution in [0, 0.1) is 0 Å². The van der Waals surface area contributed by atoms with Crippen molar-refractivity contribution in [3.05, 3.63) is 48.0 Å². The Morgan fingerprint density at radius 1 is 1.31 bits per heavy atom. The van der Waals surface area contributed by atoms with Gasteiger partial charge in [0, 0.05) is 0 Å². The Labute approximate surface area is 79.7 Å². The van der Waals surface area contributed by atoms with E-state index in [-0.39, 0.29) is 6.10 Å². The molecule has 1 aromatic rings. The number of aliphatic hydroxyl groups is 1. The minimum absolute atomic E-state index is 0.323. The summed E-state index contributed by atoms with van der Waals surface area (Å²) in [5, 5.41) is 8.96. The van der Waals surface area contributed by atoms with E-state index in [2.05, 4.69) is 12.1 Å². The molecule has 1 N–H and O–H groups in total. The third kappa shape index (κ3) is 4.48. The van der Waals surface area contributed by atoms with Gasteiger partial charge in [-0.1, -0.05) is 42.5 Å². The smallest absolute Gasteiger partial charge is 0.0692 e. The number of hydrogen-bond acceptors (Lipinski definition) is 1. The van der Waals surface area contributed by atoms with Crippen molar-refractivity contribution in [1.29, 1.82) is 0 Å². The molecule has 0 amide bonds. The highest BCUT2D eigenvalue weighted by Gasteiger charge is 1.89. The van der Waals surface area contributed by atoms with Gasteiger partial charge in [0.15, 0.2) is 0 Å². The van der Waals surface area contributed by atoms with Gasteiger partial charge < -0.3 is 5.11 Å². The van der Waals surface area contributed by atoms with Crippen molar-refractivity contribution in [3.63, 3.8) is 0 Å². The zero-order valence-corrected chi connectivity index (χ0v) is 7.98. The number of hydrogen-bond donors (Lipinski definition) is 1. The molecule has 13 heavy (non-hydrogen) atoms. The first-order valence-corrected chi connectivity index (χ1v) is 4.67. The van der Waals surface area contributed by atoms with Crippen molar-refractivity contribution in [2.75, 3.05) is 0 Å². The van der Waals surface area contributed by atoms with Crippen molar-refractivity contribution < 1.29 is 5.11 Å². The van der Waals surface area contributed by atoms with Crippen LogP contribution in [0.4, 0.5) is 0 Å². The van der Waals surface area contributed by atoms with Crippen LogP contribution in [0.15, 0.2) is 42.5 Å². The first-order chi connectivity index (χ1) is 6.29. The Bertz CT molecular complexity index is 249. The Morgan fingerprint density at radius 2 is 2.00 bits per heavy atom. The van der Waals surface area contributed by atoms with Crippen LogP contribution in [0.1, 0.15) is 18.9 Å². The fourth-order valence-corrected chi connectivity index (χ4v) is 1.19. The summed E-state index contributed by atoms with van der Waals surface area (Å²) in [6.07, 6.45) is 5.57. The lowest BCUT2D eigenvalue weighted by molar-refractivity contribution is 0.244. The number of aryl methyl sites for hydroxylation is 1. The highest BCUT2D eigenvalue weighted by atomic mass is 16.3. The third-order valence-corrected chi connectivity index (χ3v) is 1.86. The van der Waals surface area contributed by atoms with Gasteiger partial charge in [0.2, 0.25) is 0 Å². The van der Waals surface area contributed by atoms with E-state index in [1.165, 1.54) is 5.56 Å². The third-order valence-electron chi connectivity index (χ3n) is 1.86. The Kier molecular flexibility index (Phi) is 4.27. The largest absolute Gasteiger partial charge is 0.389 e. The van der Waals surface area contributed by atoms with Crippen LogP contribution in [-0.4, -0.2) is 11.2 Å². The van der Waals surface area contributed by atoms with E-state index in [0.29, 0.717) is 0 Å². The van der Waals surface area contributed by atoms with E-state index in [9.17, 15) is 0 Å². The lowest BCUT2D eigenvalue weighted by Crippen LogP contribution is -1.91. The zero-order chi connectivity index (χ0) is 9.52. The molecule has 70 valence electrons. The van der Waals surface area contributed by atoms with Crippen LogP contribution in [0.3, 0.4) is 0 Å². The summed E-state index contributed by atoms with van der Waals surface area (Å²) >= 11 is 0. The average Bonchev–Trinajstić information content (AvgIpc) is 2.14. The van der Waals surface area contributed by atoms with E-state index in [1.54, 1.807) is 6.92 Å². The maximum atomic E-state index is 8.96. The lowest BCUT2D eigenvalue weighted by atomic mass is 10.1.